The summed E-state index contributed by atoms with van der Waals surface area (Å²) < 4.78 is 15.3. The Morgan fingerprint density at radius 3 is 2.15 bits per heavy atom. The van der Waals surface area contributed by atoms with Crippen LogP contribution in [0.4, 0.5) is 4.39 Å². The summed E-state index contributed by atoms with van der Waals surface area (Å²) in [6.45, 7) is 22.3. The molecule has 4 rings (SSSR count). The van der Waals surface area contributed by atoms with Crippen LogP contribution in [-0.2, 0) is 17.6 Å². The van der Waals surface area contributed by atoms with Gasteiger partial charge < -0.3 is 14.5 Å². The van der Waals surface area contributed by atoms with E-state index < -0.39 is 0 Å². The molecule has 0 unspecified atom stereocenters. The van der Waals surface area contributed by atoms with Gasteiger partial charge in [-0.05, 0) is 89.1 Å². The first-order valence-electron chi connectivity index (χ1n) is 15.6. The number of rotatable bonds is 7. The largest absolute Gasteiger partial charge is 0.317 e. The van der Waals surface area contributed by atoms with Crippen molar-refractivity contribution >= 4 is 11.4 Å². The minimum absolute atomic E-state index is 0.148. The molecule has 0 atom stereocenters. The molecule has 0 spiro atoms. The number of pyridine rings is 2. The summed E-state index contributed by atoms with van der Waals surface area (Å²) in [7, 11) is 0. The Morgan fingerprint density at radius 2 is 1.62 bits per heavy atom. The first-order valence-corrected chi connectivity index (χ1v) is 15.6. The van der Waals surface area contributed by atoms with Gasteiger partial charge in [0.15, 0.2) is 0 Å². The molecule has 0 aromatic carbocycles. The number of ketones is 1. The summed E-state index contributed by atoms with van der Waals surface area (Å²) in [6.07, 6.45) is 14.1. The van der Waals surface area contributed by atoms with Crippen molar-refractivity contribution in [3.63, 3.8) is 0 Å². The number of piperidine rings is 1. The zero-order valence-corrected chi connectivity index (χ0v) is 27.2. The number of hydrogen-bond donors (Lipinski definition) is 1. The van der Waals surface area contributed by atoms with E-state index in [1.54, 1.807) is 12.5 Å². The molecule has 6 heteroatoms. The van der Waals surface area contributed by atoms with E-state index in [1.807, 2.05) is 71.5 Å². The van der Waals surface area contributed by atoms with E-state index in [0.717, 1.165) is 55.9 Å². The lowest BCUT2D eigenvalue weighted by molar-refractivity contribution is -0.117. The van der Waals surface area contributed by atoms with E-state index in [1.165, 1.54) is 43.0 Å². The average molecular weight is 557 g/mol. The van der Waals surface area contributed by atoms with Crippen LogP contribution >= 0.6 is 0 Å². The Morgan fingerprint density at radius 1 is 1.00 bits per heavy atom. The number of carbonyl (C=O) groups excluding carboxylic acids is 1. The highest BCUT2D eigenvalue weighted by atomic mass is 19.1. The lowest BCUT2D eigenvalue weighted by Crippen LogP contribution is -2.27. The van der Waals surface area contributed by atoms with E-state index >= 15 is 0 Å². The molecule has 0 saturated carbocycles. The molecule has 0 aliphatic carbocycles. The fourth-order valence-corrected chi connectivity index (χ4v) is 4.69. The van der Waals surface area contributed by atoms with Gasteiger partial charge >= 0.3 is 0 Å². The van der Waals surface area contributed by atoms with Crippen molar-refractivity contribution < 1.29 is 9.18 Å². The standard InChI is InChI=1S/C14H22N2.C11H13FN2.C5H10O.2C2H6/c1-3-4-13-11(2)16-10-7-14(13)12-5-8-15-9-6-12;1-3-4-9-7-14-6-8(2)13-11(14)5-10(9)12;1-3-4-5(2)6;2*1-2/h7,10,12,15H,3-6,8-9H2,1-2H3;5-7H,3-4H2,1-2H3;3-4H2,1-2H3;2*1-2H3. The maximum Gasteiger partial charge on any atom is 0.139 e. The molecule has 3 aromatic heterocycles. The highest BCUT2D eigenvalue weighted by Crippen LogP contribution is 2.29. The third-order valence-electron chi connectivity index (χ3n) is 6.45. The van der Waals surface area contributed by atoms with Gasteiger partial charge in [-0.2, -0.15) is 0 Å². The lowest BCUT2D eigenvalue weighted by Gasteiger charge is -2.25. The second-order valence-corrected chi connectivity index (χ2v) is 9.73. The number of aromatic nitrogens is 3. The van der Waals surface area contributed by atoms with Gasteiger partial charge in [0.2, 0.25) is 0 Å². The SMILES string of the molecule is CC.CC.CCCC(C)=O.CCCc1c(C2CCNCC2)ccnc1C.CCCc1cn2cc(C)nc2cc1F. The summed E-state index contributed by atoms with van der Waals surface area (Å²) in [6, 6.07) is 3.74. The molecule has 1 aliphatic heterocycles. The topological polar surface area (TPSA) is 59.3 Å². The summed E-state index contributed by atoms with van der Waals surface area (Å²) in [5.74, 6) is 0.895. The highest BCUT2D eigenvalue weighted by Gasteiger charge is 2.18. The second-order valence-electron chi connectivity index (χ2n) is 9.73. The number of halogens is 1. The molecular weight excluding hydrogens is 499 g/mol. The number of carbonyl (C=O) groups is 1. The Hall–Kier alpha value is -2.60. The Labute approximate surface area is 244 Å². The third-order valence-corrected chi connectivity index (χ3v) is 6.45. The van der Waals surface area contributed by atoms with Crippen LogP contribution < -0.4 is 5.32 Å². The summed E-state index contributed by atoms with van der Waals surface area (Å²) in [5, 5.41) is 3.43. The van der Waals surface area contributed by atoms with Gasteiger partial charge in [0.25, 0.3) is 0 Å². The van der Waals surface area contributed by atoms with Crippen LogP contribution in [0.3, 0.4) is 0 Å². The Bertz CT molecular complexity index is 1090. The van der Waals surface area contributed by atoms with Crippen LogP contribution in [0.1, 0.15) is 128 Å². The molecule has 226 valence electrons. The number of nitrogens with zero attached hydrogens (tertiary/aromatic N) is 3. The van der Waals surface area contributed by atoms with Crippen LogP contribution in [0, 0.1) is 19.7 Å². The van der Waals surface area contributed by atoms with E-state index in [-0.39, 0.29) is 11.6 Å². The first-order chi connectivity index (χ1) is 19.3. The quantitative estimate of drug-likeness (QED) is 0.315. The maximum absolute atomic E-state index is 13.5. The minimum atomic E-state index is -0.148. The zero-order chi connectivity index (χ0) is 30.5. The number of aryl methyl sites for hydroxylation is 3. The number of Topliss-reactive ketones (excluding diaryl/α,β-unsaturated/α-hetero) is 1. The van der Waals surface area contributed by atoms with Crippen LogP contribution in [0.15, 0.2) is 30.7 Å². The van der Waals surface area contributed by atoms with E-state index in [4.69, 9.17) is 0 Å². The molecule has 0 amide bonds. The summed E-state index contributed by atoms with van der Waals surface area (Å²) in [5.41, 5.74) is 6.67. The molecule has 1 aliphatic rings. The van der Waals surface area contributed by atoms with Crippen molar-refractivity contribution in [3.05, 3.63) is 64.6 Å². The first kappa shape index (κ1) is 37.4. The van der Waals surface area contributed by atoms with E-state index in [2.05, 4.69) is 35.2 Å². The number of fused-ring (bicyclic) bond motifs is 1. The normalized spacial score (nSPS) is 12.5. The molecule has 0 radical (unpaired) electrons. The van der Waals surface area contributed by atoms with Crippen LogP contribution in [0.25, 0.3) is 5.65 Å². The number of nitrogens with one attached hydrogen (secondary N) is 1. The fourth-order valence-electron chi connectivity index (χ4n) is 4.69. The summed E-state index contributed by atoms with van der Waals surface area (Å²) in [4.78, 5) is 18.7. The Kier molecular flexibility index (Phi) is 20.7. The van der Waals surface area contributed by atoms with Crippen molar-refractivity contribution in [3.8, 4) is 0 Å². The van der Waals surface area contributed by atoms with Gasteiger partial charge in [0, 0.05) is 42.3 Å². The van der Waals surface area contributed by atoms with Gasteiger partial charge in [0.1, 0.15) is 17.2 Å². The van der Waals surface area contributed by atoms with Crippen LogP contribution in [-0.4, -0.2) is 33.2 Å². The Balaban J connectivity index is 0.000000579. The molecule has 5 nitrogen and oxygen atoms in total. The molecule has 40 heavy (non-hydrogen) atoms. The zero-order valence-electron chi connectivity index (χ0n) is 27.2. The van der Waals surface area contributed by atoms with Gasteiger partial charge in [-0.15, -0.1) is 0 Å². The molecular formula is C34H57FN4O. The minimum Gasteiger partial charge on any atom is -0.317 e. The van der Waals surface area contributed by atoms with Crippen molar-refractivity contribution in [1.29, 1.82) is 0 Å². The van der Waals surface area contributed by atoms with Gasteiger partial charge in [-0.25, -0.2) is 9.37 Å². The third kappa shape index (κ3) is 13.2. The molecule has 1 fully saturated rings. The van der Waals surface area contributed by atoms with Crippen molar-refractivity contribution in [2.75, 3.05) is 13.1 Å². The van der Waals surface area contributed by atoms with Crippen LogP contribution in [0.2, 0.25) is 0 Å². The number of imidazole rings is 1. The lowest BCUT2D eigenvalue weighted by atomic mass is 9.86. The molecule has 3 aromatic rings. The average Bonchev–Trinajstić information content (AvgIpc) is 3.32. The van der Waals surface area contributed by atoms with Gasteiger partial charge in [-0.3, -0.25) is 4.98 Å². The monoisotopic (exact) mass is 556 g/mol. The second kappa shape index (κ2) is 22.1. The molecule has 4 heterocycles. The smallest absolute Gasteiger partial charge is 0.139 e. The summed E-state index contributed by atoms with van der Waals surface area (Å²) >= 11 is 0. The fraction of sp³-hybridized carbons (Fsp3) is 0.618. The maximum atomic E-state index is 13.5. The van der Waals surface area contributed by atoms with E-state index in [9.17, 15) is 9.18 Å². The van der Waals surface area contributed by atoms with Crippen LogP contribution in [0.5, 0.6) is 0 Å². The molecule has 1 N–H and O–H groups in total. The molecule has 1 saturated heterocycles. The number of hydrogen-bond acceptors (Lipinski definition) is 4. The highest BCUT2D eigenvalue weighted by molar-refractivity contribution is 5.75. The predicted molar refractivity (Wildman–Crippen MR) is 170 cm³/mol. The van der Waals surface area contributed by atoms with Gasteiger partial charge in [0.05, 0.1) is 5.69 Å². The van der Waals surface area contributed by atoms with Crippen molar-refractivity contribution in [2.45, 2.75) is 127 Å². The predicted octanol–water partition coefficient (Wildman–Crippen LogP) is 8.97. The van der Waals surface area contributed by atoms with E-state index in [0.29, 0.717) is 5.65 Å². The van der Waals surface area contributed by atoms with Gasteiger partial charge in [-0.1, -0.05) is 61.3 Å². The van der Waals surface area contributed by atoms with Crippen molar-refractivity contribution in [2.24, 2.45) is 0 Å². The van der Waals surface area contributed by atoms with Crippen molar-refractivity contribution in [1.82, 2.24) is 19.7 Å². The molecule has 0 bridgehead atoms.